The van der Waals surface area contributed by atoms with Gasteiger partial charge in [-0.1, -0.05) is 56.1 Å². The van der Waals surface area contributed by atoms with Crippen LogP contribution in [-0.4, -0.2) is 44.9 Å². The number of alkyl halides is 1. The molecule has 0 bridgehead atoms. The van der Waals surface area contributed by atoms with Crippen LogP contribution in [0.25, 0.3) is 0 Å². The lowest BCUT2D eigenvalue weighted by Gasteiger charge is -2.27. The Labute approximate surface area is 211 Å². The standard InChI is InChI=1S/C25H31Cl3O5/c1-16(13-30-5)14-31-23-8-6-18(10-21(23)27)25(3,4)19-7-9-24(22(28)11-19)32-15-20(12-26)33-17(2)29/h6-11,16,20H,12-15H2,1-5H3/t16-,20-/m1/s1. The molecule has 0 aliphatic rings. The summed E-state index contributed by atoms with van der Waals surface area (Å²) in [5.74, 6) is 1.12. The topological polar surface area (TPSA) is 54.0 Å². The maximum absolute atomic E-state index is 11.1. The first kappa shape index (κ1) is 27.6. The molecule has 0 radical (unpaired) electrons. The van der Waals surface area contributed by atoms with E-state index in [-0.39, 0.29) is 23.8 Å². The van der Waals surface area contributed by atoms with Gasteiger partial charge in [0.1, 0.15) is 24.2 Å². The van der Waals surface area contributed by atoms with Crippen LogP contribution in [0, 0.1) is 5.92 Å². The van der Waals surface area contributed by atoms with Crippen molar-refractivity contribution in [3.63, 3.8) is 0 Å². The predicted molar refractivity (Wildman–Crippen MR) is 133 cm³/mol. The van der Waals surface area contributed by atoms with Gasteiger partial charge in [0.2, 0.25) is 0 Å². The summed E-state index contributed by atoms with van der Waals surface area (Å²) in [6, 6.07) is 11.4. The van der Waals surface area contributed by atoms with Crippen molar-refractivity contribution in [3.8, 4) is 11.5 Å². The molecule has 33 heavy (non-hydrogen) atoms. The zero-order valence-electron chi connectivity index (χ0n) is 19.6. The van der Waals surface area contributed by atoms with Crippen molar-refractivity contribution in [1.29, 1.82) is 0 Å². The van der Waals surface area contributed by atoms with Crippen LogP contribution in [0.1, 0.15) is 38.8 Å². The molecule has 5 nitrogen and oxygen atoms in total. The average Bonchev–Trinajstić information content (AvgIpc) is 2.76. The van der Waals surface area contributed by atoms with Gasteiger partial charge in [-0.25, -0.2) is 0 Å². The van der Waals surface area contributed by atoms with Crippen molar-refractivity contribution in [3.05, 3.63) is 57.6 Å². The Kier molecular flexibility index (Phi) is 10.6. The summed E-state index contributed by atoms with van der Waals surface area (Å²) in [5, 5.41) is 1.00. The Hall–Kier alpha value is -1.66. The summed E-state index contributed by atoms with van der Waals surface area (Å²) >= 11 is 18.8. The molecule has 8 heteroatoms. The van der Waals surface area contributed by atoms with E-state index in [2.05, 4.69) is 20.8 Å². The molecule has 2 atom stereocenters. The summed E-state index contributed by atoms with van der Waals surface area (Å²) in [5.41, 5.74) is 1.64. The van der Waals surface area contributed by atoms with Crippen LogP contribution in [0.15, 0.2) is 36.4 Å². The van der Waals surface area contributed by atoms with Crippen molar-refractivity contribution < 1.29 is 23.7 Å². The highest BCUT2D eigenvalue weighted by atomic mass is 35.5. The van der Waals surface area contributed by atoms with Gasteiger partial charge in [-0.3, -0.25) is 4.79 Å². The molecule has 0 unspecified atom stereocenters. The second-order valence-electron chi connectivity index (χ2n) is 8.48. The number of rotatable bonds is 12. The van der Waals surface area contributed by atoms with Gasteiger partial charge < -0.3 is 18.9 Å². The zero-order chi connectivity index (χ0) is 24.6. The first-order valence-corrected chi connectivity index (χ1v) is 11.9. The van der Waals surface area contributed by atoms with Crippen molar-refractivity contribution in [2.45, 2.75) is 39.2 Å². The van der Waals surface area contributed by atoms with E-state index in [1.807, 2.05) is 30.3 Å². The highest BCUT2D eigenvalue weighted by Crippen LogP contribution is 2.38. The van der Waals surface area contributed by atoms with Crippen LogP contribution in [0.5, 0.6) is 11.5 Å². The molecule has 2 aromatic carbocycles. The Morgan fingerprint density at radius 3 is 1.88 bits per heavy atom. The van der Waals surface area contributed by atoms with E-state index in [1.54, 1.807) is 13.2 Å². The molecule has 0 heterocycles. The summed E-state index contributed by atoms with van der Waals surface area (Å²) in [7, 11) is 1.67. The van der Waals surface area contributed by atoms with Gasteiger partial charge in [-0.2, -0.15) is 0 Å². The normalized spacial score (nSPS) is 13.3. The number of esters is 1. The van der Waals surface area contributed by atoms with E-state index in [1.165, 1.54) is 6.92 Å². The van der Waals surface area contributed by atoms with Crippen LogP contribution < -0.4 is 9.47 Å². The summed E-state index contributed by atoms with van der Waals surface area (Å²) in [4.78, 5) is 11.1. The van der Waals surface area contributed by atoms with Crippen LogP contribution in [0.4, 0.5) is 0 Å². The number of ether oxygens (including phenoxy) is 4. The number of carbonyl (C=O) groups excluding carboxylic acids is 1. The number of hydrogen-bond acceptors (Lipinski definition) is 5. The van der Waals surface area contributed by atoms with Gasteiger partial charge in [0.05, 0.1) is 29.1 Å². The first-order chi connectivity index (χ1) is 15.6. The minimum absolute atomic E-state index is 0.117. The lowest BCUT2D eigenvalue weighted by atomic mass is 9.78. The molecule has 0 saturated heterocycles. The lowest BCUT2D eigenvalue weighted by molar-refractivity contribution is -0.146. The van der Waals surface area contributed by atoms with Crippen LogP contribution in [0.3, 0.4) is 0 Å². The predicted octanol–water partition coefficient (Wildman–Crippen LogP) is 6.53. The fourth-order valence-electron chi connectivity index (χ4n) is 3.27. The number of hydrogen-bond donors (Lipinski definition) is 0. The largest absolute Gasteiger partial charge is 0.492 e. The van der Waals surface area contributed by atoms with Gasteiger partial charge in [-0.05, 0) is 35.4 Å². The average molecular weight is 518 g/mol. The van der Waals surface area contributed by atoms with Crippen LogP contribution in [-0.2, 0) is 19.7 Å². The third-order valence-electron chi connectivity index (χ3n) is 5.21. The van der Waals surface area contributed by atoms with Gasteiger partial charge in [0, 0.05) is 25.4 Å². The second kappa shape index (κ2) is 12.7. The summed E-state index contributed by atoms with van der Waals surface area (Å²) in [6.07, 6.45) is -0.545. The van der Waals surface area contributed by atoms with Crippen LogP contribution in [0.2, 0.25) is 10.0 Å². The summed E-state index contributed by atoms with van der Waals surface area (Å²) in [6.45, 7) is 8.83. The number of halogens is 3. The minimum Gasteiger partial charge on any atom is -0.492 e. The molecular formula is C25H31Cl3O5. The van der Waals surface area contributed by atoms with Crippen molar-refractivity contribution in [1.82, 2.24) is 0 Å². The highest BCUT2D eigenvalue weighted by molar-refractivity contribution is 6.32. The van der Waals surface area contributed by atoms with Crippen molar-refractivity contribution in [2.75, 3.05) is 32.8 Å². The Morgan fingerprint density at radius 1 is 0.939 bits per heavy atom. The fourth-order valence-corrected chi connectivity index (χ4v) is 3.89. The molecule has 0 spiro atoms. The molecule has 2 aromatic rings. The lowest BCUT2D eigenvalue weighted by Crippen LogP contribution is -2.25. The van der Waals surface area contributed by atoms with E-state index in [4.69, 9.17) is 53.8 Å². The second-order valence-corrected chi connectivity index (χ2v) is 9.61. The number of methoxy groups -OCH3 is 1. The molecule has 0 saturated carbocycles. The van der Waals surface area contributed by atoms with Gasteiger partial charge in [0.15, 0.2) is 0 Å². The van der Waals surface area contributed by atoms with E-state index in [0.29, 0.717) is 34.8 Å². The maximum Gasteiger partial charge on any atom is 0.303 e. The summed E-state index contributed by atoms with van der Waals surface area (Å²) < 4.78 is 21.8. The molecule has 0 fully saturated rings. The minimum atomic E-state index is -0.545. The Balaban J connectivity index is 2.13. The Bertz CT molecular complexity index is 932. The van der Waals surface area contributed by atoms with Gasteiger partial charge >= 0.3 is 5.97 Å². The van der Waals surface area contributed by atoms with E-state index in [0.717, 1.165) is 11.1 Å². The SMILES string of the molecule is COC[C@@H](C)COc1ccc(C(C)(C)c2ccc(OC[C@@H](CCl)OC(C)=O)c(Cl)c2)cc1Cl. The van der Waals surface area contributed by atoms with Crippen molar-refractivity contribution in [2.24, 2.45) is 5.92 Å². The molecule has 182 valence electrons. The quantitative estimate of drug-likeness (QED) is 0.237. The van der Waals surface area contributed by atoms with Crippen molar-refractivity contribution >= 4 is 40.8 Å². The van der Waals surface area contributed by atoms with E-state index < -0.39 is 12.1 Å². The third kappa shape index (κ3) is 7.96. The van der Waals surface area contributed by atoms with E-state index in [9.17, 15) is 4.79 Å². The molecule has 2 rings (SSSR count). The van der Waals surface area contributed by atoms with Crippen LogP contribution >= 0.6 is 34.8 Å². The molecule has 0 amide bonds. The number of benzene rings is 2. The third-order valence-corrected chi connectivity index (χ3v) is 6.15. The van der Waals surface area contributed by atoms with E-state index >= 15 is 0 Å². The Morgan fingerprint density at radius 2 is 1.45 bits per heavy atom. The monoisotopic (exact) mass is 516 g/mol. The molecule has 0 aromatic heterocycles. The van der Waals surface area contributed by atoms with Gasteiger partial charge in [-0.15, -0.1) is 11.6 Å². The molecular weight excluding hydrogens is 487 g/mol. The molecule has 0 N–H and O–H groups in total. The smallest absolute Gasteiger partial charge is 0.303 e. The molecule has 0 aliphatic heterocycles. The highest BCUT2D eigenvalue weighted by Gasteiger charge is 2.25. The van der Waals surface area contributed by atoms with Gasteiger partial charge in [0.25, 0.3) is 0 Å². The zero-order valence-corrected chi connectivity index (χ0v) is 21.9. The molecule has 0 aliphatic carbocycles. The maximum atomic E-state index is 11.1. The fraction of sp³-hybridized carbons (Fsp3) is 0.480. The first-order valence-electron chi connectivity index (χ1n) is 10.7. The number of carbonyl (C=O) groups is 1.